The van der Waals surface area contributed by atoms with Gasteiger partial charge >= 0.3 is 6.18 Å². The number of halogens is 3. The first kappa shape index (κ1) is 17.4. The minimum Gasteiger partial charge on any atom is -0.508 e. The molecule has 0 unspecified atom stereocenters. The molecular formula is C20H21F3O3. The van der Waals surface area contributed by atoms with Gasteiger partial charge in [-0.15, -0.1) is 0 Å². The van der Waals surface area contributed by atoms with E-state index in [1.54, 1.807) is 19.1 Å². The molecule has 6 heteroatoms. The summed E-state index contributed by atoms with van der Waals surface area (Å²) in [6.45, 7) is 1.76. The van der Waals surface area contributed by atoms with Crippen LogP contribution in [0.4, 0.5) is 13.2 Å². The zero-order valence-corrected chi connectivity index (χ0v) is 14.4. The first-order chi connectivity index (χ1) is 12.1. The van der Waals surface area contributed by atoms with Crippen LogP contribution in [0, 0.1) is 17.3 Å². The minimum atomic E-state index is -4.88. The van der Waals surface area contributed by atoms with Crippen LogP contribution in [0.2, 0.25) is 0 Å². The number of aliphatic hydroxyl groups is 1. The van der Waals surface area contributed by atoms with E-state index in [9.17, 15) is 28.2 Å². The first-order valence-corrected chi connectivity index (χ1v) is 8.99. The van der Waals surface area contributed by atoms with Crippen molar-refractivity contribution in [2.75, 3.05) is 0 Å². The molecule has 140 valence electrons. The molecule has 0 saturated heterocycles. The van der Waals surface area contributed by atoms with Gasteiger partial charge < -0.3 is 10.2 Å². The molecule has 3 aliphatic carbocycles. The molecule has 0 aromatic heterocycles. The second-order valence-electron chi connectivity index (χ2n) is 8.11. The molecule has 0 aliphatic heterocycles. The van der Waals surface area contributed by atoms with Crippen LogP contribution in [0.1, 0.15) is 49.7 Å². The number of alkyl halides is 3. The molecule has 0 bridgehead atoms. The van der Waals surface area contributed by atoms with Crippen LogP contribution in [0.25, 0.3) is 0 Å². The zero-order valence-electron chi connectivity index (χ0n) is 14.4. The van der Waals surface area contributed by atoms with Gasteiger partial charge in [-0.05, 0) is 73.1 Å². The summed E-state index contributed by atoms with van der Waals surface area (Å²) in [5.41, 5.74) is 0.964. The fourth-order valence-corrected chi connectivity index (χ4v) is 5.58. The number of Topliss-reactive ketones (excluding diaryl/α,β-unsaturated/α-hetero) is 1. The Bertz CT molecular complexity index is 811. The van der Waals surface area contributed by atoms with Gasteiger partial charge in [0.25, 0.3) is 0 Å². The van der Waals surface area contributed by atoms with Gasteiger partial charge in [-0.2, -0.15) is 13.2 Å². The highest BCUT2D eigenvalue weighted by Crippen LogP contribution is 2.61. The highest BCUT2D eigenvalue weighted by Gasteiger charge is 2.58. The van der Waals surface area contributed by atoms with Crippen molar-refractivity contribution in [2.45, 2.75) is 51.1 Å². The smallest absolute Gasteiger partial charge is 0.449 e. The SMILES string of the molecule is C[C@]12CC[C@@H]3c4ccc(O)cc4CC[C@H]3[C@@H]1C/C(=C(/O)C(F)(F)F)C2=O. The summed E-state index contributed by atoms with van der Waals surface area (Å²) in [5.74, 6) is -1.90. The van der Waals surface area contributed by atoms with Gasteiger partial charge in [-0.3, -0.25) is 4.79 Å². The summed E-state index contributed by atoms with van der Waals surface area (Å²) in [4.78, 5) is 12.8. The summed E-state index contributed by atoms with van der Waals surface area (Å²) in [5, 5.41) is 19.3. The normalized spacial score (nSPS) is 35.5. The zero-order chi connectivity index (χ0) is 18.9. The largest absolute Gasteiger partial charge is 0.508 e. The molecule has 1 aromatic carbocycles. The lowest BCUT2D eigenvalue weighted by molar-refractivity contribution is -0.131. The fourth-order valence-electron chi connectivity index (χ4n) is 5.58. The van der Waals surface area contributed by atoms with Gasteiger partial charge in [-0.1, -0.05) is 13.0 Å². The molecule has 2 N–H and O–H groups in total. The highest BCUT2D eigenvalue weighted by atomic mass is 19.4. The number of aromatic hydroxyl groups is 1. The number of allylic oxidation sites excluding steroid dienone is 2. The number of aryl methyl sites for hydroxylation is 1. The number of benzene rings is 1. The van der Waals surface area contributed by atoms with Crippen molar-refractivity contribution in [3.05, 3.63) is 40.7 Å². The third-order valence-electron chi connectivity index (χ3n) is 6.87. The number of rotatable bonds is 0. The second-order valence-corrected chi connectivity index (χ2v) is 8.11. The standard InChI is InChI=1S/C20H21F3O3/c1-19-7-6-13-12-5-3-11(24)8-10(12)2-4-14(13)16(19)9-15(17(19)25)18(26)20(21,22)23/h3,5,8,13-14,16,24,26H,2,4,6-7,9H2,1H3/b18-15-/t13-,14-,16+,19+/m1/s1. The molecule has 3 nitrogen and oxygen atoms in total. The molecule has 0 heterocycles. The number of hydrogen-bond acceptors (Lipinski definition) is 3. The van der Waals surface area contributed by atoms with Crippen LogP contribution in [0.5, 0.6) is 5.75 Å². The van der Waals surface area contributed by atoms with Crippen molar-refractivity contribution in [1.82, 2.24) is 0 Å². The maximum atomic E-state index is 13.0. The van der Waals surface area contributed by atoms with E-state index in [2.05, 4.69) is 0 Å². The van der Waals surface area contributed by atoms with Gasteiger partial charge in [0.15, 0.2) is 5.78 Å². The number of carbonyl (C=O) groups is 1. The maximum Gasteiger partial charge on any atom is 0.449 e. The van der Waals surface area contributed by atoms with Gasteiger partial charge in [-0.25, -0.2) is 0 Å². The van der Waals surface area contributed by atoms with E-state index in [1.165, 1.54) is 0 Å². The van der Waals surface area contributed by atoms with E-state index in [-0.39, 0.29) is 29.9 Å². The lowest BCUT2D eigenvalue weighted by atomic mass is 9.55. The highest BCUT2D eigenvalue weighted by molar-refractivity contribution is 6.03. The third kappa shape index (κ3) is 2.37. The van der Waals surface area contributed by atoms with Gasteiger partial charge in [0.05, 0.1) is 0 Å². The van der Waals surface area contributed by atoms with Crippen LogP contribution in [0.3, 0.4) is 0 Å². The van der Waals surface area contributed by atoms with E-state index in [4.69, 9.17) is 0 Å². The van der Waals surface area contributed by atoms with E-state index < -0.39 is 28.7 Å². The summed E-state index contributed by atoms with van der Waals surface area (Å²) in [6.07, 6.45) is -2.10. The van der Waals surface area contributed by atoms with Gasteiger partial charge in [0.2, 0.25) is 5.76 Å². The Morgan fingerprint density at radius 1 is 1.27 bits per heavy atom. The molecule has 2 fully saturated rings. The average Bonchev–Trinajstić information content (AvgIpc) is 2.84. The molecule has 4 atom stereocenters. The van der Waals surface area contributed by atoms with Crippen molar-refractivity contribution >= 4 is 5.78 Å². The van der Waals surface area contributed by atoms with Gasteiger partial charge in [0, 0.05) is 11.0 Å². The topological polar surface area (TPSA) is 57.5 Å². The molecule has 3 aliphatic rings. The fraction of sp³-hybridized carbons (Fsp3) is 0.550. The molecule has 0 radical (unpaired) electrons. The quantitative estimate of drug-likeness (QED) is 0.512. The number of aliphatic hydroxyl groups excluding tert-OH is 1. The first-order valence-electron chi connectivity index (χ1n) is 8.99. The van der Waals surface area contributed by atoms with Crippen molar-refractivity contribution < 1.29 is 28.2 Å². The molecule has 26 heavy (non-hydrogen) atoms. The van der Waals surface area contributed by atoms with Crippen LogP contribution in [-0.2, 0) is 11.2 Å². The van der Waals surface area contributed by atoms with Crippen LogP contribution >= 0.6 is 0 Å². The molecule has 2 saturated carbocycles. The lowest BCUT2D eigenvalue weighted by Gasteiger charge is -2.48. The average molecular weight is 366 g/mol. The van der Waals surface area contributed by atoms with Gasteiger partial charge in [0.1, 0.15) is 5.75 Å². The van der Waals surface area contributed by atoms with Crippen molar-refractivity contribution in [3.63, 3.8) is 0 Å². The minimum absolute atomic E-state index is 0.00470. The van der Waals surface area contributed by atoms with Crippen LogP contribution in [-0.4, -0.2) is 22.2 Å². The van der Waals surface area contributed by atoms with E-state index in [1.807, 2.05) is 6.07 Å². The molecular weight excluding hydrogens is 345 g/mol. The Labute approximate surface area is 149 Å². The Kier molecular flexibility index (Phi) is 3.69. The molecule has 0 spiro atoms. The number of fused-ring (bicyclic) bond motifs is 5. The molecule has 0 amide bonds. The summed E-state index contributed by atoms with van der Waals surface area (Å²) in [7, 11) is 0. The Balaban J connectivity index is 1.73. The number of phenols is 1. The predicted molar refractivity (Wildman–Crippen MR) is 88.8 cm³/mol. The molecule has 1 aromatic rings. The number of hydrogen-bond donors (Lipinski definition) is 2. The number of carbonyl (C=O) groups excluding carboxylic acids is 1. The lowest BCUT2D eigenvalue weighted by Crippen LogP contribution is -2.42. The summed E-state index contributed by atoms with van der Waals surface area (Å²) in [6, 6.07) is 5.32. The predicted octanol–water partition coefficient (Wildman–Crippen LogP) is 4.80. The van der Waals surface area contributed by atoms with Crippen LogP contribution < -0.4 is 0 Å². The van der Waals surface area contributed by atoms with Crippen LogP contribution in [0.15, 0.2) is 29.5 Å². The number of ketones is 1. The summed E-state index contributed by atoms with van der Waals surface area (Å²) >= 11 is 0. The van der Waals surface area contributed by atoms with E-state index >= 15 is 0 Å². The Hall–Kier alpha value is -1.98. The Morgan fingerprint density at radius 2 is 2.00 bits per heavy atom. The van der Waals surface area contributed by atoms with Crippen molar-refractivity contribution in [3.8, 4) is 5.75 Å². The van der Waals surface area contributed by atoms with E-state index in [0.29, 0.717) is 6.42 Å². The van der Waals surface area contributed by atoms with Crippen molar-refractivity contribution in [2.24, 2.45) is 17.3 Å². The number of phenolic OH excluding ortho intramolecular Hbond substituents is 1. The van der Waals surface area contributed by atoms with Crippen molar-refractivity contribution in [1.29, 1.82) is 0 Å². The Morgan fingerprint density at radius 3 is 2.69 bits per heavy atom. The maximum absolute atomic E-state index is 13.0. The summed E-state index contributed by atoms with van der Waals surface area (Å²) < 4.78 is 38.9. The van der Waals surface area contributed by atoms with E-state index in [0.717, 1.165) is 30.4 Å². The second kappa shape index (κ2) is 5.51. The monoisotopic (exact) mass is 366 g/mol. The third-order valence-corrected chi connectivity index (χ3v) is 6.87. The molecule has 4 rings (SSSR count).